The number of nitrogens with two attached hydrogens (primary N) is 2. The van der Waals surface area contributed by atoms with Crippen molar-refractivity contribution in [2.45, 2.75) is 32.4 Å². The first kappa shape index (κ1) is 23.5. The summed E-state index contributed by atoms with van der Waals surface area (Å²) in [5, 5.41) is 3.39. The van der Waals surface area contributed by atoms with Gasteiger partial charge in [0, 0.05) is 6.54 Å². The summed E-state index contributed by atoms with van der Waals surface area (Å²) in [6, 6.07) is 6.03. The summed E-state index contributed by atoms with van der Waals surface area (Å²) in [4.78, 5) is 4.37. The smallest absolute Gasteiger partial charge is 0.153 e. The Morgan fingerprint density at radius 1 is 1.23 bits per heavy atom. The topological polar surface area (TPSA) is 85.7 Å². The van der Waals surface area contributed by atoms with Crippen LogP contribution >= 0.6 is 37.2 Å². The number of rotatable bonds is 6. The Balaban J connectivity index is 0. The molecule has 1 atom stereocenters. The molecule has 1 heterocycles. The Morgan fingerprint density at radius 2 is 1.95 bits per heavy atom. The summed E-state index contributed by atoms with van der Waals surface area (Å²) in [6.45, 7) is 4.45. The van der Waals surface area contributed by atoms with Crippen molar-refractivity contribution in [1.82, 2.24) is 5.32 Å². The lowest BCUT2D eigenvalue weighted by Gasteiger charge is -2.21. The lowest BCUT2D eigenvalue weighted by Crippen LogP contribution is -2.33. The van der Waals surface area contributed by atoms with Crippen LogP contribution in [-0.2, 0) is 6.54 Å². The Kier molecular flexibility index (Phi) is 12.6. The predicted octanol–water partition coefficient (Wildman–Crippen LogP) is 2.55. The Morgan fingerprint density at radius 3 is 2.64 bits per heavy atom. The van der Waals surface area contributed by atoms with Crippen LogP contribution in [0.5, 0.6) is 5.75 Å². The van der Waals surface area contributed by atoms with Gasteiger partial charge in [-0.1, -0.05) is 6.07 Å². The van der Waals surface area contributed by atoms with Gasteiger partial charge in [-0.2, -0.15) is 0 Å². The molecule has 1 aliphatic rings. The van der Waals surface area contributed by atoms with Gasteiger partial charge in [-0.25, -0.2) is 4.99 Å². The fourth-order valence-electron chi connectivity index (χ4n) is 1.97. The van der Waals surface area contributed by atoms with Gasteiger partial charge in [-0.3, -0.25) is 0 Å². The van der Waals surface area contributed by atoms with Crippen LogP contribution in [0.15, 0.2) is 23.2 Å². The fourth-order valence-corrected chi connectivity index (χ4v) is 1.97. The molecule has 5 nitrogen and oxygen atoms in total. The highest BCUT2D eigenvalue weighted by Gasteiger charge is 2.17. The van der Waals surface area contributed by atoms with Crippen LogP contribution in [0, 0.1) is 0 Å². The molecular weight excluding hydrogens is 347 g/mol. The molecule has 0 fully saturated rings. The highest BCUT2D eigenvalue weighted by atomic mass is 35.5. The van der Waals surface area contributed by atoms with Crippen LogP contribution in [-0.4, -0.2) is 25.0 Å². The normalized spacial score (nSPS) is 15.2. The van der Waals surface area contributed by atoms with Crippen LogP contribution in [0.3, 0.4) is 0 Å². The maximum Gasteiger partial charge on any atom is 0.153 e. The highest BCUT2D eigenvalue weighted by molar-refractivity contribution is 5.89. The number of nitrogens with zero attached hydrogens (tertiary/aromatic N) is 1. The SMILES string of the molecule is CC1Oc2ccc(CNCCCCN)cc2N=C1N.Cl.Cl.Cl. The Labute approximate surface area is 150 Å². The Hall–Kier alpha value is -0.720. The minimum absolute atomic E-state index is 0. The van der Waals surface area contributed by atoms with Crippen molar-refractivity contribution in [3.05, 3.63) is 23.8 Å². The molecule has 5 N–H and O–H groups in total. The molecule has 1 unspecified atom stereocenters. The van der Waals surface area contributed by atoms with E-state index in [0.29, 0.717) is 5.84 Å². The molecule has 128 valence electrons. The summed E-state index contributed by atoms with van der Waals surface area (Å²) in [7, 11) is 0. The largest absolute Gasteiger partial charge is 0.481 e. The van der Waals surface area contributed by atoms with Crippen LogP contribution < -0.4 is 21.5 Å². The molecule has 0 amide bonds. The standard InChI is InChI=1S/C14H22N4O.3ClH/c1-10-14(16)18-12-8-11(4-5-13(12)19-10)9-17-7-3-2-6-15;;;/h4-5,8,10,17H,2-3,6-7,9,15H2,1H3,(H2,16,18);3*1H. The molecule has 1 aromatic carbocycles. The number of nitrogens with one attached hydrogen (secondary N) is 1. The molecule has 1 aromatic rings. The number of hydrogen-bond donors (Lipinski definition) is 3. The number of fused-ring (bicyclic) bond motifs is 1. The highest BCUT2D eigenvalue weighted by Crippen LogP contribution is 2.32. The quantitative estimate of drug-likeness (QED) is 0.671. The molecule has 0 bridgehead atoms. The number of aliphatic imine (C=N–C) groups is 1. The first-order chi connectivity index (χ1) is 9.20. The van der Waals surface area contributed by atoms with Crippen molar-refractivity contribution >= 4 is 48.7 Å². The first-order valence-electron chi connectivity index (χ1n) is 6.75. The van der Waals surface area contributed by atoms with Gasteiger partial charge in [-0.05, 0) is 50.6 Å². The average molecular weight is 372 g/mol. The molecule has 0 spiro atoms. The number of unbranched alkanes of at least 4 members (excludes halogenated alkanes) is 1. The molecule has 22 heavy (non-hydrogen) atoms. The average Bonchev–Trinajstić information content (AvgIpc) is 2.40. The maximum atomic E-state index is 5.80. The van der Waals surface area contributed by atoms with E-state index in [4.69, 9.17) is 16.2 Å². The van der Waals surface area contributed by atoms with E-state index < -0.39 is 0 Å². The van der Waals surface area contributed by atoms with Gasteiger partial charge in [-0.15, -0.1) is 37.2 Å². The third-order valence-corrected chi connectivity index (χ3v) is 3.13. The van der Waals surface area contributed by atoms with Crippen molar-refractivity contribution in [2.24, 2.45) is 16.5 Å². The van der Waals surface area contributed by atoms with Gasteiger partial charge in [0.25, 0.3) is 0 Å². The van der Waals surface area contributed by atoms with E-state index >= 15 is 0 Å². The lowest BCUT2D eigenvalue weighted by atomic mass is 10.1. The summed E-state index contributed by atoms with van der Waals surface area (Å²) in [5.74, 6) is 1.33. The number of hydrogen-bond acceptors (Lipinski definition) is 5. The van der Waals surface area contributed by atoms with Crippen LogP contribution in [0.1, 0.15) is 25.3 Å². The summed E-state index contributed by atoms with van der Waals surface area (Å²) in [6.07, 6.45) is 2.02. The fraction of sp³-hybridized carbons (Fsp3) is 0.500. The van der Waals surface area contributed by atoms with E-state index in [0.717, 1.165) is 43.9 Å². The monoisotopic (exact) mass is 370 g/mol. The van der Waals surface area contributed by atoms with E-state index in [9.17, 15) is 0 Å². The van der Waals surface area contributed by atoms with Gasteiger partial charge in [0.2, 0.25) is 0 Å². The Bertz CT molecular complexity index is 471. The van der Waals surface area contributed by atoms with Crippen molar-refractivity contribution in [2.75, 3.05) is 13.1 Å². The van der Waals surface area contributed by atoms with Gasteiger partial charge >= 0.3 is 0 Å². The number of ether oxygens (including phenoxy) is 1. The second kappa shape index (κ2) is 11.8. The van der Waals surface area contributed by atoms with Crippen LogP contribution in [0.2, 0.25) is 0 Å². The summed E-state index contributed by atoms with van der Waals surface area (Å²) < 4.78 is 5.67. The van der Waals surface area contributed by atoms with Crippen molar-refractivity contribution in [3.8, 4) is 5.75 Å². The minimum Gasteiger partial charge on any atom is -0.481 e. The van der Waals surface area contributed by atoms with Gasteiger partial charge in [0.05, 0.1) is 0 Å². The van der Waals surface area contributed by atoms with Gasteiger partial charge < -0.3 is 21.5 Å². The molecule has 0 aliphatic carbocycles. The second-order valence-electron chi connectivity index (χ2n) is 4.77. The molecule has 1 aliphatic heterocycles. The van der Waals surface area contributed by atoms with Crippen molar-refractivity contribution in [3.63, 3.8) is 0 Å². The van der Waals surface area contributed by atoms with Gasteiger partial charge in [0.1, 0.15) is 17.3 Å². The number of benzene rings is 1. The molecule has 0 aromatic heterocycles. The van der Waals surface area contributed by atoms with Crippen molar-refractivity contribution in [1.29, 1.82) is 0 Å². The maximum absolute atomic E-state index is 5.80. The lowest BCUT2D eigenvalue weighted by molar-refractivity contribution is 0.281. The van der Waals surface area contributed by atoms with E-state index in [2.05, 4.69) is 16.4 Å². The first-order valence-corrected chi connectivity index (χ1v) is 6.75. The molecule has 0 saturated carbocycles. The second-order valence-corrected chi connectivity index (χ2v) is 4.77. The number of amidine groups is 1. The van der Waals surface area contributed by atoms with E-state index in [1.807, 2.05) is 19.1 Å². The summed E-state index contributed by atoms with van der Waals surface area (Å²) >= 11 is 0. The third-order valence-electron chi connectivity index (χ3n) is 3.13. The van der Waals surface area contributed by atoms with E-state index in [1.165, 1.54) is 5.56 Å². The zero-order valence-corrected chi connectivity index (χ0v) is 15.0. The minimum atomic E-state index is -0.146. The zero-order valence-electron chi connectivity index (χ0n) is 12.6. The molecule has 8 heteroatoms. The third kappa shape index (κ3) is 6.58. The van der Waals surface area contributed by atoms with E-state index in [1.54, 1.807) is 0 Å². The van der Waals surface area contributed by atoms with Crippen molar-refractivity contribution < 1.29 is 4.74 Å². The molecule has 0 radical (unpaired) electrons. The number of halogens is 3. The molecular formula is C14H25Cl3N4O. The molecule has 0 saturated heterocycles. The molecule has 2 rings (SSSR count). The van der Waals surface area contributed by atoms with E-state index in [-0.39, 0.29) is 43.3 Å². The van der Waals surface area contributed by atoms with Gasteiger partial charge in [0.15, 0.2) is 6.10 Å². The summed E-state index contributed by atoms with van der Waals surface area (Å²) in [5.41, 5.74) is 13.2. The van der Waals surface area contributed by atoms with Crippen LogP contribution in [0.25, 0.3) is 0 Å². The van der Waals surface area contributed by atoms with Crippen LogP contribution in [0.4, 0.5) is 5.69 Å². The predicted molar refractivity (Wildman–Crippen MR) is 99.6 cm³/mol. The zero-order chi connectivity index (χ0) is 13.7.